The standard InChI is InChI=1S/4C6H5.Al/c4*1-2-4-6-5-3-1;/h4*1-5H;/q;;;;-1. The molecule has 0 fully saturated rings. The highest BCUT2D eigenvalue weighted by molar-refractivity contribution is 7.19. The molecule has 0 aromatic heterocycles. The first kappa shape index (κ1) is 15.9. The Morgan fingerprint density at radius 1 is 0.280 bits per heavy atom. The van der Waals surface area contributed by atoms with Gasteiger partial charge in [0, 0.05) is 0 Å². The van der Waals surface area contributed by atoms with E-state index < -0.39 is 13.1 Å². The number of hydrogen-bond acceptors (Lipinski definition) is 0. The Morgan fingerprint density at radius 3 is 0.680 bits per heavy atom. The van der Waals surface area contributed by atoms with Crippen molar-refractivity contribution in [2.75, 3.05) is 0 Å². The summed E-state index contributed by atoms with van der Waals surface area (Å²) in [6.45, 7) is 0. The van der Waals surface area contributed by atoms with Gasteiger partial charge in [-0.3, -0.25) is 0 Å². The first-order valence-corrected chi connectivity index (χ1v) is 11.1. The maximum absolute atomic E-state index is 2.69. The van der Waals surface area contributed by atoms with Crippen LogP contribution in [0.3, 0.4) is 0 Å². The molecule has 0 heterocycles. The topological polar surface area (TPSA) is 0 Å². The average molecular weight is 335 g/mol. The molecule has 0 saturated heterocycles. The molecule has 4 aromatic rings. The van der Waals surface area contributed by atoms with Gasteiger partial charge in [0.25, 0.3) is 13.1 Å². The molecule has 1 heteroatoms. The Morgan fingerprint density at radius 2 is 0.480 bits per heavy atom. The van der Waals surface area contributed by atoms with E-state index in [1.165, 1.54) is 17.7 Å². The van der Waals surface area contributed by atoms with Gasteiger partial charge in [0.2, 0.25) is 0 Å². The third-order valence-electron chi connectivity index (χ3n) is 5.20. The number of rotatable bonds is 4. The van der Waals surface area contributed by atoms with Gasteiger partial charge in [-0.25, -0.2) is 17.7 Å². The molecule has 0 bridgehead atoms. The Kier molecular flexibility index (Phi) is 4.53. The van der Waals surface area contributed by atoms with Gasteiger partial charge in [-0.2, -0.15) is 0 Å². The zero-order valence-corrected chi connectivity index (χ0v) is 15.3. The fourth-order valence-electron chi connectivity index (χ4n) is 4.12. The van der Waals surface area contributed by atoms with Crippen molar-refractivity contribution in [2.45, 2.75) is 0 Å². The lowest BCUT2D eigenvalue weighted by Gasteiger charge is -2.40. The molecule has 120 valence electrons. The van der Waals surface area contributed by atoms with Gasteiger partial charge in [0.15, 0.2) is 0 Å². The van der Waals surface area contributed by atoms with Crippen LogP contribution in [0.15, 0.2) is 121 Å². The molecule has 0 aliphatic heterocycles. The van der Waals surface area contributed by atoms with E-state index in [2.05, 4.69) is 121 Å². The van der Waals surface area contributed by atoms with Crippen LogP contribution in [0.2, 0.25) is 0 Å². The normalized spacial score (nSPS) is 11.2. The molecule has 0 atom stereocenters. The van der Waals surface area contributed by atoms with Gasteiger partial charge in [-0.1, -0.05) is 72.8 Å². The van der Waals surface area contributed by atoms with Crippen LogP contribution in [0, 0.1) is 0 Å². The Labute approximate surface area is 152 Å². The Hall–Kier alpha value is -2.59. The molecule has 0 amide bonds. The van der Waals surface area contributed by atoms with E-state index in [0.29, 0.717) is 0 Å². The molecule has 0 spiro atoms. The minimum absolute atomic E-state index is 1.44. The van der Waals surface area contributed by atoms with Crippen LogP contribution in [0.5, 0.6) is 0 Å². The van der Waals surface area contributed by atoms with Gasteiger partial charge < -0.3 is 0 Å². The molecule has 0 unspecified atom stereocenters. The summed E-state index contributed by atoms with van der Waals surface area (Å²) in [5.41, 5.74) is 0. The quantitative estimate of drug-likeness (QED) is 0.503. The molecule has 0 radical (unpaired) electrons. The minimum atomic E-state index is -2.69. The maximum atomic E-state index is 2.30. The summed E-state index contributed by atoms with van der Waals surface area (Å²) >= 11 is -2.69. The summed E-state index contributed by atoms with van der Waals surface area (Å²) in [4.78, 5) is 0. The van der Waals surface area contributed by atoms with E-state index >= 15 is 0 Å². The second kappa shape index (κ2) is 7.11. The van der Waals surface area contributed by atoms with Crippen LogP contribution in [0.1, 0.15) is 0 Å². The van der Waals surface area contributed by atoms with Crippen molar-refractivity contribution in [3.05, 3.63) is 121 Å². The largest absolute Gasteiger partial charge is 0.266 e. The summed E-state index contributed by atoms with van der Waals surface area (Å²) in [7, 11) is 0. The van der Waals surface area contributed by atoms with Crippen LogP contribution in [0.25, 0.3) is 0 Å². The summed E-state index contributed by atoms with van der Waals surface area (Å²) in [5.74, 6) is 0. The highest BCUT2D eigenvalue weighted by atomic mass is 27.2. The van der Waals surface area contributed by atoms with Gasteiger partial charge >= 0.3 is 0 Å². The van der Waals surface area contributed by atoms with Crippen molar-refractivity contribution >= 4 is 30.8 Å². The number of benzene rings is 4. The second-order valence-electron chi connectivity index (χ2n) is 6.51. The molecule has 0 saturated carbocycles. The lowest BCUT2D eigenvalue weighted by Crippen LogP contribution is -2.74. The van der Waals surface area contributed by atoms with E-state index in [-0.39, 0.29) is 0 Å². The fourth-order valence-corrected chi connectivity index (χ4v) is 9.63. The molecule has 0 N–H and O–H groups in total. The summed E-state index contributed by atoms with van der Waals surface area (Å²) in [5, 5.41) is 0. The zero-order chi connectivity index (χ0) is 17.0. The molecule has 0 aliphatic carbocycles. The van der Waals surface area contributed by atoms with Crippen molar-refractivity contribution in [3.8, 4) is 0 Å². The zero-order valence-electron chi connectivity index (χ0n) is 14.1. The molecule has 25 heavy (non-hydrogen) atoms. The van der Waals surface area contributed by atoms with Crippen molar-refractivity contribution in [2.24, 2.45) is 0 Å². The lowest BCUT2D eigenvalue weighted by atomic mass is 10.3. The average Bonchev–Trinajstić information content (AvgIpc) is 2.72. The third kappa shape index (κ3) is 2.83. The Balaban J connectivity index is 2.13. The molecular formula is C24H20Al-. The summed E-state index contributed by atoms with van der Waals surface area (Å²) < 4.78 is 5.77. The summed E-state index contributed by atoms with van der Waals surface area (Å²) in [6.07, 6.45) is 0. The monoisotopic (exact) mass is 335 g/mol. The van der Waals surface area contributed by atoms with Crippen molar-refractivity contribution in [1.82, 2.24) is 0 Å². The van der Waals surface area contributed by atoms with Gasteiger partial charge in [0.1, 0.15) is 0 Å². The van der Waals surface area contributed by atoms with Crippen LogP contribution < -0.4 is 17.7 Å². The second-order valence-corrected chi connectivity index (χ2v) is 10.9. The minimum Gasteiger partial charge on any atom is -0.218 e. The first-order valence-electron chi connectivity index (χ1n) is 8.80. The molecule has 0 nitrogen and oxygen atoms in total. The molecule has 4 aromatic carbocycles. The highest BCUT2D eigenvalue weighted by Gasteiger charge is 2.35. The van der Waals surface area contributed by atoms with Gasteiger partial charge in [0.05, 0.1) is 0 Å². The van der Waals surface area contributed by atoms with E-state index in [0.717, 1.165) is 0 Å². The molecule has 0 aliphatic rings. The van der Waals surface area contributed by atoms with Crippen LogP contribution in [-0.2, 0) is 0 Å². The van der Waals surface area contributed by atoms with Gasteiger partial charge in [-0.05, 0) is 0 Å². The van der Waals surface area contributed by atoms with Crippen molar-refractivity contribution in [1.29, 1.82) is 0 Å². The van der Waals surface area contributed by atoms with E-state index in [1.807, 2.05) is 0 Å². The van der Waals surface area contributed by atoms with E-state index in [9.17, 15) is 0 Å². The van der Waals surface area contributed by atoms with Crippen molar-refractivity contribution < 1.29 is 0 Å². The first-order chi connectivity index (χ1) is 12.4. The number of hydrogen-bond donors (Lipinski definition) is 0. The molecular weight excluding hydrogens is 315 g/mol. The third-order valence-corrected chi connectivity index (χ3v) is 10.7. The highest BCUT2D eigenvalue weighted by Crippen LogP contribution is 2.09. The van der Waals surface area contributed by atoms with Gasteiger partial charge in [-0.15, -0.1) is 48.5 Å². The fraction of sp³-hybridized carbons (Fsp3) is 0. The molecule has 4 rings (SSSR count). The van der Waals surface area contributed by atoms with Crippen LogP contribution in [-0.4, -0.2) is 13.1 Å². The van der Waals surface area contributed by atoms with Crippen LogP contribution in [0.4, 0.5) is 0 Å². The summed E-state index contributed by atoms with van der Waals surface area (Å²) in [6, 6.07) is 44.2. The predicted octanol–water partition coefficient (Wildman–Crippen LogP) is 3.06. The van der Waals surface area contributed by atoms with E-state index in [1.54, 1.807) is 0 Å². The smallest absolute Gasteiger partial charge is 0.218 e. The lowest BCUT2D eigenvalue weighted by molar-refractivity contribution is 1.66. The Bertz CT molecular complexity index is 753. The van der Waals surface area contributed by atoms with Crippen molar-refractivity contribution in [3.63, 3.8) is 0 Å². The van der Waals surface area contributed by atoms with Crippen LogP contribution >= 0.6 is 0 Å². The predicted molar refractivity (Wildman–Crippen MR) is 110 cm³/mol. The van der Waals surface area contributed by atoms with E-state index in [4.69, 9.17) is 0 Å². The maximum Gasteiger partial charge on any atom is 0.266 e. The SMILES string of the molecule is c1cc[c]([Al-]([c]2ccccc2)([c]2ccccc2)[c]2ccccc2)cc1.